The lowest BCUT2D eigenvalue weighted by Crippen LogP contribution is -2.12. The highest BCUT2D eigenvalue weighted by Gasteiger charge is 2.07. The molecule has 0 atom stereocenters. The van der Waals surface area contributed by atoms with Gasteiger partial charge in [-0.25, -0.2) is 0 Å². The molecule has 0 unspecified atom stereocenters. The molecule has 2 aromatic rings. The van der Waals surface area contributed by atoms with Gasteiger partial charge in [0.1, 0.15) is 0 Å². The lowest BCUT2D eigenvalue weighted by molar-refractivity contribution is 0.102. The van der Waals surface area contributed by atoms with Crippen LogP contribution in [0.1, 0.15) is 15.9 Å². The van der Waals surface area contributed by atoms with Gasteiger partial charge in [-0.1, -0.05) is 17.7 Å². The highest BCUT2D eigenvalue weighted by molar-refractivity contribution is 14.1. The second-order valence-electron chi connectivity index (χ2n) is 3.98. The molecule has 0 saturated heterocycles. The van der Waals surface area contributed by atoms with Gasteiger partial charge in [-0.05, 0) is 71.5 Å². The second kappa shape index (κ2) is 5.71. The van der Waals surface area contributed by atoms with E-state index in [9.17, 15) is 4.79 Å². The van der Waals surface area contributed by atoms with Crippen molar-refractivity contribution in [1.82, 2.24) is 0 Å². The maximum atomic E-state index is 12.1. The summed E-state index contributed by atoms with van der Waals surface area (Å²) in [5, 5.41) is 3.42. The molecule has 0 radical (unpaired) electrons. The fraction of sp³-hybridized carbons (Fsp3) is 0.0714. The molecule has 0 heterocycles. The summed E-state index contributed by atoms with van der Waals surface area (Å²) in [4.78, 5) is 12.1. The van der Waals surface area contributed by atoms with E-state index in [4.69, 9.17) is 11.6 Å². The van der Waals surface area contributed by atoms with Crippen molar-refractivity contribution in [1.29, 1.82) is 0 Å². The van der Waals surface area contributed by atoms with Gasteiger partial charge in [-0.3, -0.25) is 4.79 Å². The normalized spacial score (nSPS) is 10.2. The van der Waals surface area contributed by atoms with E-state index >= 15 is 0 Å². The molecule has 0 fully saturated rings. The highest BCUT2D eigenvalue weighted by atomic mass is 127. The summed E-state index contributed by atoms with van der Waals surface area (Å²) in [6.07, 6.45) is 0. The number of hydrogen-bond donors (Lipinski definition) is 1. The Hall–Kier alpha value is -1.07. The molecule has 0 spiro atoms. The van der Waals surface area contributed by atoms with Crippen LogP contribution in [0.15, 0.2) is 42.5 Å². The Kier molecular flexibility index (Phi) is 4.24. The van der Waals surface area contributed by atoms with E-state index in [1.807, 2.05) is 43.3 Å². The lowest BCUT2D eigenvalue weighted by atomic mass is 10.1. The van der Waals surface area contributed by atoms with Gasteiger partial charge in [0.15, 0.2) is 0 Å². The zero-order valence-corrected chi connectivity index (χ0v) is 12.6. The Morgan fingerprint density at radius 3 is 2.67 bits per heavy atom. The minimum absolute atomic E-state index is 0.150. The van der Waals surface area contributed by atoms with Crippen molar-refractivity contribution in [2.24, 2.45) is 0 Å². The molecular weight excluding hydrogens is 361 g/mol. The third-order valence-electron chi connectivity index (χ3n) is 2.39. The van der Waals surface area contributed by atoms with Crippen molar-refractivity contribution >= 4 is 45.8 Å². The maximum Gasteiger partial charge on any atom is 0.255 e. The van der Waals surface area contributed by atoms with Crippen LogP contribution < -0.4 is 5.32 Å². The molecule has 0 aromatic heterocycles. The molecule has 0 bridgehead atoms. The van der Waals surface area contributed by atoms with Gasteiger partial charge < -0.3 is 5.32 Å². The molecule has 0 aliphatic rings. The minimum Gasteiger partial charge on any atom is -0.322 e. The van der Waals surface area contributed by atoms with Crippen molar-refractivity contribution in [2.75, 3.05) is 5.32 Å². The molecule has 4 heteroatoms. The van der Waals surface area contributed by atoms with Crippen molar-refractivity contribution < 1.29 is 4.79 Å². The zero-order chi connectivity index (χ0) is 13.1. The van der Waals surface area contributed by atoms with E-state index in [-0.39, 0.29) is 5.91 Å². The Morgan fingerprint density at radius 1 is 1.22 bits per heavy atom. The van der Waals surface area contributed by atoms with Gasteiger partial charge in [-0.15, -0.1) is 0 Å². The molecule has 2 aromatic carbocycles. The number of benzene rings is 2. The molecule has 0 saturated carbocycles. The largest absolute Gasteiger partial charge is 0.322 e. The summed E-state index contributed by atoms with van der Waals surface area (Å²) < 4.78 is 1.08. The van der Waals surface area contributed by atoms with Crippen LogP contribution >= 0.6 is 34.2 Å². The first-order valence-corrected chi connectivity index (χ1v) is 6.84. The molecule has 1 N–H and O–H groups in total. The van der Waals surface area contributed by atoms with Crippen LogP contribution in [0.3, 0.4) is 0 Å². The average Bonchev–Trinajstić information content (AvgIpc) is 2.27. The van der Waals surface area contributed by atoms with Crippen molar-refractivity contribution in [3.63, 3.8) is 0 Å². The number of amides is 1. The molecule has 18 heavy (non-hydrogen) atoms. The number of aryl methyl sites for hydroxylation is 1. The molecule has 1 amide bonds. The van der Waals surface area contributed by atoms with E-state index in [2.05, 4.69) is 27.9 Å². The summed E-state index contributed by atoms with van der Waals surface area (Å²) >= 11 is 8.15. The van der Waals surface area contributed by atoms with E-state index < -0.39 is 0 Å². The number of carbonyl (C=O) groups is 1. The smallest absolute Gasteiger partial charge is 0.255 e. The van der Waals surface area contributed by atoms with E-state index in [1.54, 1.807) is 6.07 Å². The summed E-state index contributed by atoms with van der Waals surface area (Å²) in [5.41, 5.74) is 2.32. The maximum absolute atomic E-state index is 12.1. The monoisotopic (exact) mass is 371 g/mol. The molecular formula is C14H11ClINO. The van der Waals surface area contributed by atoms with Crippen LogP contribution in [0, 0.1) is 10.5 Å². The van der Waals surface area contributed by atoms with Crippen molar-refractivity contribution in [3.05, 3.63) is 62.2 Å². The SMILES string of the molecule is Cc1cc(Cl)cc(C(=O)Nc2cccc(I)c2)c1. The van der Waals surface area contributed by atoms with E-state index in [0.29, 0.717) is 10.6 Å². The minimum atomic E-state index is -0.150. The second-order valence-corrected chi connectivity index (χ2v) is 5.66. The van der Waals surface area contributed by atoms with E-state index in [0.717, 1.165) is 14.8 Å². The first kappa shape index (κ1) is 13.4. The number of hydrogen-bond acceptors (Lipinski definition) is 1. The third kappa shape index (κ3) is 3.46. The van der Waals surface area contributed by atoms with Crippen LogP contribution in [0.2, 0.25) is 5.02 Å². The van der Waals surface area contributed by atoms with Crippen LogP contribution in [0.25, 0.3) is 0 Å². The number of rotatable bonds is 2. The number of halogens is 2. The van der Waals surface area contributed by atoms with E-state index in [1.165, 1.54) is 0 Å². The van der Waals surface area contributed by atoms with Crippen molar-refractivity contribution in [3.8, 4) is 0 Å². The Morgan fingerprint density at radius 2 is 2.00 bits per heavy atom. The third-order valence-corrected chi connectivity index (χ3v) is 3.28. The van der Waals surface area contributed by atoms with Crippen LogP contribution in [0.5, 0.6) is 0 Å². The summed E-state index contributed by atoms with van der Waals surface area (Å²) in [7, 11) is 0. The zero-order valence-electron chi connectivity index (χ0n) is 9.71. The Balaban J connectivity index is 2.22. The highest BCUT2D eigenvalue weighted by Crippen LogP contribution is 2.17. The van der Waals surface area contributed by atoms with Gasteiger partial charge in [0.05, 0.1) is 0 Å². The standard InChI is InChI=1S/C14H11ClINO/c1-9-5-10(7-11(15)6-9)14(18)17-13-4-2-3-12(16)8-13/h2-8H,1H3,(H,17,18). The Bertz CT molecular complexity index is 578. The molecule has 2 rings (SSSR count). The van der Waals surface area contributed by atoms with Crippen LogP contribution in [-0.4, -0.2) is 5.91 Å². The summed E-state index contributed by atoms with van der Waals surface area (Å²) in [6.45, 7) is 1.91. The first-order valence-electron chi connectivity index (χ1n) is 5.39. The van der Waals surface area contributed by atoms with Gasteiger partial charge in [-0.2, -0.15) is 0 Å². The van der Waals surface area contributed by atoms with Gasteiger partial charge in [0.25, 0.3) is 5.91 Å². The number of anilines is 1. The van der Waals surface area contributed by atoms with Crippen molar-refractivity contribution in [2.45, 2.75) is 6.92 Å². The fourth-order valence-electron chi connectivity index (χ4n) is 1.64. The topological polar surface area (TPSA) is 29.1 Å². The lowest BCUT2D eigenvalue weighted by Gasteiger charge is -2.07. The van der Waals surface area contributed by atoms with Gasteiger partial charge in [0, 0.05) is 19.8 Å². The number of nitrogens with one attached hydrogen (secondary N) is 1. The fourth-order valence-corrected chi connectivity index (χ4v) is 2.47. The van der Waals surface area contributed by atoms with Crippen LogP contribution in [-0.2, 0) is 0 Å². The molecule has 92 valence electrons. The first-order chi connectivity index (χ1) is 8.54. The molecule has 2 nitrogen and oxygen atoms in total. The summed E-state index contributed by atoms with van der Waals surface area (Å²) in [6, 6.07) is 12.9. The molecule has 0 aliphatic heterocycles. The predicted octanol–water partition coefficient (Wildman–Crippen LogP) is 4.51. The van der Waals surface area contributed by atoms with Gasteiger partial charge >= 0.3 is 0 Å². The predicted molar refractivity (Wildman–Crippen MR) is 83.3 cm³/mol. The quantitative estimate of drug-likeness (QED) is 0.774. The average molecular weight is 372 g/mol. The number of carbonyl (C=O) groups excluding carboxylic acids is 1. The van der Waals surface area contributed by atoms with Crippen LogP contribution in [0.4, 0.5) is 5.69 Å². The van der Waals surface area contributed by atoms with Gasteiger partial charge in [0.2, 0.25) is 0 Å². The summed E-state index contributed by atoms with van der Waals surface area (Å²) in [5.74, 6) is -0.150. The molecule has 0 aliphatic carbocycles. The Labute approximate surface area is 124 Å².